The summed E-state index contributed by atoms with van der Waals surface area (Å²) in [5.74, 6) is 2.47. The Morgan fingerprint density at radius 2 is 2.19 bits per heavy atom. The van der Waals surface area contributed by atoms with Gasteiger partial charge in [-0.1, -0.05) is 33.6 Å². The van der Waals surface area contributed by atoms with Gasteiger partial charge in [0.25, 0.3) is 0 Å². The Bertz CT molecular complexity index is 421. The fourth-order valence-electron chi connectivity index (χ4n) is 3.46. The van der Waals surface area contributed by atoms with Crippen molar-refractivity contribution in [2.45, 2.75) is 58.9 Å². The summed E-state index contributed by atoms with van der Waals surface area (Å²) in [7, 11) is 0. The lowest BCUT2D eigenvalue weighted by atomic mass is 9.77. The van der Waals surface area contributed by atoms with E-state index in [2.05, 4.69) is 37.1 Å². The van der Waals surface area contributed by atoms with Gasteiger partial charge in [-0.2, -0.15) is 0 Å². The van der Waals surface area contributed by atoms with E-state index in [1.165, 1.54) is 31.2 Å². The molecule has 3 nitrogen and oxygen atoms in total. The molecule has 1 aromatic heterocycles. The van der Waals surface area contributed by atoms with Crippen molar-refractivity contribution in [2.24, 2.45) is 11.8 Å². The molecule has 1 fully saturated rings. The average Bonchev–Trinajstić information content (AvgIpc) is 2.51. The van der Waals surface area contributed by atoms with Crippen LogP contribution >= 0.6 is 0 Å². The van der Waals surface area contributed by atoms with Gasteiger partial charge >= 0.3 is 0 Å². The molecule has 21 heavy (non-hydrogen) atoms. The van der Waals surface area contributed by atoms with Crippen molar-refractivity contribution < 1.29 is 4.74 Å². The topological polar surface area (TPSA) is 34.1 Å². The van der Waals surface area contributed by atoms with Gasteiger partial charge in [0.05, 0.1) is 12.8 Å². The van der Waals surface area contributed by atoms with E-state index in [-0.39, 0.29) is 0 Å². The largest absolute Gasteiger partial charge is 0.492 e. The number of aromatic nitrogens is 1. The monoisotopic (exact) mass is 290 g/mol. The van der Waals surface area contributed by atoms with E-state index in [1.54, 1.807) is 0 Å². The van der Waals surface area contributed by atoms with Crippen molar-refractivity contribution in [3.05, 3.63) is 24.0 Å². The summed E-state index contributed by atoms with van der Waals surface area (Å²) < 4.78 is 5.74. The van der Waals surface area contributed by atoms with E-state index in [9.17, 15) is 0 Å². The van der Waals surface area contributed by atoms with Crippen LogP contribution in [-0.4, -0.2) is 18.1 Å². The standard InChI is InChI=1S/C18H30N2O/c1-4-9-21-17-11-16(12-19-13-17)18(20-5-2)15-8-6-7-14(3)10-15/h11-15,18,20H,4-10H2,1-3H3. The second kappa shape index (κ2) is 8.38. The van der Waals surface area contributed by atoms with Gasteiger partial charge < -0.3 is 10.1 Å². The molecule has 1 heterocycles. The van der Waals surface area contributed by atoms with E-state index in [4.69, 9.17) is 4.74 Å². The fourth-order valence-corrected chi connectivity index (χ4v) is 3.46. The predicted octanol–water partition coefficient (Wildman–Crippen LogP) is 4.35. The minimum absolute atomic E-state index is 0.412. The maximum atomic E-state index is 5.74. The molecule has 1 aliphatic rings. The smallest absolute Gasteiger partial charge is 0.137 e. The zero-order valence-electron chi connectivity index (χ0n) is 13.8. The fraction of sp³-hybridized carbons (Fsp3) is 0.722. The molecule has 1 aromatic rings. The summed E-state index contributed by atoms with van der Waals surface area (Å²) in [5, 5.41) is 3.68. The third kappa shape index (κ3) is 4.70. The minimum atomic E-state index is 0.412. The van der Waals surface area contributed by atoms with Gasteiger partial charge in [0.2, 0.25) is 0 Å². The van der Waals surface area contributed by atoms with Gasteiger partial charge in [-0.05, 0) is 49.3 Å². The number of nitrogens with zero attached hydrogens (tertiary/aromatic N) is 1. The summed E-state index contributed by atoms with van der Waals surface area (Å²) in [6.07, 6.45) is 10.2. The number of hydrogen-bond donors (Lipinski definition) is 1. The Hall–Kier alpha value is -1.09. The Labute approximate surface area is 129 Å². The number of hydrogen-bond acceptors (Lipinski definition) is 3. The molecule has 0 amide bonds. The number of rotatable bonds is 7. The molecule has 118 valence electrons. The van der Waals surface area contributed by atoms with E-state index in [1.807, 2.05) is 12.4 Å². The minimum Gasteiger partial charge on any atom is -0.492 e. The highest BCUT2D eigenvalue weighted by Gasteiger charge is 2.27. The van der Waals surface area contributed by atoms with E-state index in [0.29, 0.717) is 6.04 Å². The van der Waals surface area contributed by atoms with Crippen molar-refractivity contribution in [1.29, 1.82) is 0 Å². The first-order valence-electron chi connectivity index (χ1n) is 8.55. The molecule has 1 N–H and O–H groups in total. The molecule has 0 aliphatic heterocycles. The van der Waals surface area contributed by atoms with Gasteiger partial charge in [-0.15, -0.1) is 0 Å². The maximum absolute atomic E-state index is 5.74. The first-order chi connectivity index (χ1) is 10.2. The Balaban J connectivity index is 2.12. The number of pyridine rings is 1. The Morgan fingerprint density at radius 1 is 1.33 bits per heavy atom. The van der Waals surface area contributed by atoms with Crippen LogP contribution in [0.3, 0.4) is 0 Å². The van der Waals surface area contributed by atoms with Crippen LogP contribution < -0.4 is 10.1 Å². The summed E-state index contributed by atoms with van der Waals surface area (Å²) in [6, 6.07) is 2.59. The molecule has 0 radical (unpaired) electrons. The third-order valence-corrected chi connectivity index (χ3v) is 4.44. The van der Waals surface area contributed by atoms with Crippen molar-refractivity contribution in [1.82, 2.24) is 10.3 Å². The lowest BCUT2D eigenvalue weighted by Gasteiger charge is -2.34. The Kier molecular flexibility index (Phi) is 6.50. The molecule has 3 unspecified atom stereocenters. The number of ether oxygens (including phenoxy) is 1. The molecule has 0 saturated heterocycles. The van der Waals surface area contributed by atoms with Gasteiger partial charge in [-0.3, -0.25) is 4.98 Å². The van der Waals surface area contributed by atoms with E-state index in [0.717, 1.165) is 37.2 Å². The summed E-state index contributed by atoms with van der Waals surface area (Å²) in [6.45, 7) is 8.45. The molecule has 0 spiro atoms. The zero-order chi connectivity index (χ0) is 15.1. The molecule has 0 bridgehead atoms. The summed E-state index contributed by atoms with van der Waals surface area (Å²) in [4.78, 5) is 4.39. The van der Waals surface area contributed by atoms with Crippen molar-refractivity contribution in [3.63, 3.8) is 0 Å². The van der Waals surface area contributed by atoms with Crippen LogP contribution in [0.4, 0.5) is 0 Å². The molecule has 3 atom stereocenters. The predicted molar refractivity (Wildman–Crippen MR) is 87.6 cm³/mol. The van der Waals surface area contributed by atoms with Crippen LogP contribution in [0, 0.1) is 11.8 Å². The van der Waals surface area contributed by atoms with Gasteiger partial charge in [0.1, 0.15) is 5.75 Å². The molecule has 1 aliphatic carbocycles. The highest BCUT2D eigenvalue weighted by atomic mass is 16.5. The average molecular weight is 290 g/mol. The summed E-state index contributed by atoms with van der Waals surface area (Å²) in [5.41, 5.74) is 1.28. The molecule has 1 saturated carbocycles. The second-order valence-electron chi connectivity index (χ2n) is 6.37. The van der Waals surface area contributed by atoms with Crippen molar-refractivity contribution in [2.75, 3.05) is 13.2 Å². The SMILES string of the molecule is CCCOc1cncc(C(NCC)C2CCCC(C)C2)c1. The van der Waals surface area contributed by atoms with Gasteiger partial charge in [0.15, 0.2) is 0 Å². The lowest BCUT2D eigenvalue weighted by molar-refractivity contribution is 0.224. The van der Waals surface area contributed by atoms with Gasteiger partial charge in [-0.25, -0.2) is 0 Å². The Morgan fingerprint density at radius 3 is 2.90 bits per heavy atom. The third-order valence-electron chi connectivity index (χ3n) is 4.44. The maximum Gasteiger partial charge on any atom is 0.137 e. The van der Waals surface area contributed by atoms with Crippen molar-refractivity contribution in [3.8, 4) is 5.75 Å². The number of nitrogens with one attached hydrogen (secondary N) is 1. The highest BCUT2D eigenvalue weighted by Crippen LogP contribution is 2.37. The second-order valence-corrected chi connectivity index (χ2v) is 6.37. The van der Waals surface area contributed by atoms with Crippen LogP contribution in [-0.2, 0) is 0 Å². The van der Waals surface area contributed by atoms with Crippen LogP contribution in [0.25, 0.3) is 0 Å². The van der Waals surface area contributed by atoms with Gasteiger partial charge in [0, 0.05) is 12.2 Å². The molecule has 2 rings (SSSR count). The van der Waals surface area contributed by atoms with E-state index < -0.39 is 0 Å². The van der Waals surface area contributed by atoms with Crippen LogP contribution in [0.5, 0.6) is 5.75 Å². The normalized spacial score (nSPS) is 23.8. The highest BCUT2D eigenvalue weighted by molar-refractivity contribution is 5.26. The summed E-state index contributed by atoms with van der Waals surface area (Å²) >= 11 is 0. The first kappa shape index (κ1) is 16.3. The van der Waals surface area contributed by atoms with E-state index >= 15 is 0 Å². The zero-order valence-corrected chi connectivity index (χ0v) is 13.8. The molecule has 0 aromatic carbocycles. The molecular weight excluding hydrogens is 260 g/mol. The first-order valence-corrected chi connectivity index (χ1v) is 8.55. The lowest BCUT2D eigenvalue weighted by Crippen LogP contribution is -2.31. The molecule has 3 heteroatoms. The van der Waals surface area contributed by atoms with Crippen LogP contribution in [0.1, 0.15) is 64.5 Å². The van der Waals surface area contributed by atoms with Crippen molar-refractivity contribution >= 4 is 0 Å². The quantitative estimate of drug-likeness (QED) is 0.810. The molecular formula is C18H30N2O. The van der Waals surface area contributed by atoms with Crippen LogP contribution in [0.2, 0.25) is 0 Å². The van der Waals surface area contributed by atoms with Crippen LogP contribution in [0.15, 0.2) is 18.5 Å².